The van der Waals surface area contributed by atoms with Crippen molar-refractivity contribution in [1.29, 1.82) is 0 Å². The quantitative estimate of drug-likeness (QED) is 0.639. The van der Waals surface area contributed by atoms with Crippen LogP contribution in [0.5, 0.6) is 0 Å². The van der Waals surface area contributed by atoms with Gasteiger partial charge >= 0.3 is 0 Å². The molecule has 152 valence electrons. The summed E-state index contributed by atoms with van der Waals surface area (Å²) in [5, 5.41) is 9.61. The second kappa shape index (κ2) is 7.59. The minimum Gasteiger partial charge on any atom is -0.356 e. The first-order chi connectivity index (χ1) is 13.9. The Labute approximate surface area is 178 Å². The highest BCUT2D eigenvalue weighted by molar-refractivity contribution is 6.31. The van der Waals surface area contributed by atoms with Gasteiger partial charge in [0.25, 0.3) is 0 Å². The molecule has 2 fully saturated rings. The van der Waals surface area contributed by atoms with Gasteiger partial charge < -0.3 is 16.0 Å². The number of halogens is 3. The van der Waals surface area contributed by atoms with Crippen LogP contribution in [-0.4, -0.2) is 24.9 Å². The van der Waals surface area contributed by atoms with Crippen LogP contribution in [0.25, 0.3) is 0 Å². The number of nitrogens with one attached hydrogen (secondary N) is 3. The summed E-state index contributed by atoms with van der Waals surface area (Å²) in [5.74, 6) is -1.69. The highest BCUT2D eigenvalue weighted by Crippen LogP contribution is 2.52. The van der Waals surface area contributed by atoms with Crippen LogP contribution in [0, 0.1) is 11.7 Å². The van der Waals surface area contributed by atoms with Crippen molar-refractivity contribution in [2.24, 2.45) is 5.92 Å². The predicted octanol–water partition coefficient (Wildman–Crippen LogP) is 3.81. The smallest absolute Gasteiger partial charge is 0.225 e. The molecule has 2 aromatic carbocycles. The van der Waals surface area contributed by atoms with Gasteiger partial charge in [-0.05, 0) is 42.7 Å². The zero-order valence-corrected chi connectivity index (χ0v) is 17.1. The Morgan fingerprint density at radius 2 is 2.07 bits per heavy atom. The summed E-state index contributed by atoms with van der Waals surface area (Å²) in [5.41, 5.74) is 0.747. The fourth-order valence-electron chi connectivity index (χ4n) is 4.87. The molecule has 2 heterocycles. The van der Waals surface area contributed by atoms with Gasteiger partial charge in [0.05, 0.1) is 16.5 Å². The van der Waals surface area contributed by atoms with E-state index in [1.165, 1.54) is 6.07 Å². The molecule has 3 N–H and O–H groups in total. The molecule has 0 aliphatic carbocycles. The first-order valence-electron chi connectivity index (χ1n) is 9.36. The van der Waals surface area contributed by atoms with Gasteiger partial charge in [-0.1, -0.05) is 41.4 Å². The van der Waals surface area contributed by atoms with Crippen LogP contribution < -0.4 is 16.0 Å². The van der Waals surface area contributed by atoms with Crippen molar-refractivity contribution in [3.63, 3.8) is 0 Å². The average molecular weight is 436 g/mol. The maximum atomic E-state index is 15.1. The van der Waals surface area contributed by atoms with Crippen LogP contribution in [0.1, 0.15) is 30.4 Å². The van der Waals surface area contributed by atoms with Gasteiger partial charge in [-0.3, -0.25) is 9.59 Å². The summed E-state index contributed by atoms with van der Waals surface area (Å²) >= 11 is 12.2. The molecule has 0 aromatic heterocycles. The summed E-state index contributed by atoms with van der Waals surface area (Å²) in [4.78, 5) is 24.0. The minimum atomic E-state index is -0.849. The molecule has 2 aromatic rings. The van der Waals surface area contributed by atoms with Crippen molar-refractivity contribution >= 4 is 41.2 Å². The van der Waals surface area contributed by atoms with E-state index in [-0.39, 0.29) is 17.0 Å². The molecule has 0 bridgehead atoms. The standard InChI is InChI=1S/C21H20Cl2FN3O2/c1-21(13-6-5-11(22)9-16(13)26-10-28)18(12-3-2-4-14(23)19(12)24)17-15(27-21)7-8-25-20(17)29/h2-6,9-10,15,17-18,27H,7-8H2,1H3,(H,25,29)(H,26,28)/t15-,17+,18-,21+/m0/s1. The summed E-state index contributed by atoms with van der Waals surface area (Å²) in [6.45, 7) is 2.47. The average Bonchev–Trinajstić information content (AvgIpc) is 2.98. The molecule has 2 aliphatic heterocycles. The lowest BCUT2D eigenvalue weighted by Crippen LogP contribution is -2.47. The number of rotatable bonds is 4. The first kappa shape index (κ1) is 20.1. The summed E-state index contributed by atoms with van der Waals surface area (Å²) in [6.07, 6.45) is 1.29. The molecule has 0 saturated carbocycles. The second-order valence-electron chi connectivity index (χ2n) is 7.63. The largest absolute Gasteiger partial charge is 0.356 e. The molecule has 29 heavy (non-hydrogen) atoms. The van der Waals surface area contributed by atoms with E-state index in [2.05, 4.69) is 16.0 Å². The third-order valence-corrected chi connectivity index (χ3v) is 6.56. The highest BCUT2D eigenvalue weighted by atomic mass is 35.5. The molecule has 5 nitrogen and oxygen atoms in total. The molecule has 8 heteroatoms. The topological polar surface area (TPSA) is 70.2 Å². The van der Waals surface area contributed by atoms with Gasteiger partial charge in [0, 0.05) is 29.2 Å². The lowest BCUT2D eigenvalue weighted by Gasteiger charge is -2.36. The molecule has 0 radical (unpaired) electrons. The number of fused-ring (bicyclic) bond motifs is 1. The number of carbonyl (C=O) groups is 2. The Hall–Kier alpha value is -2.15. The Morgan fingerprint density at radius 1 is 1.28 bits per heavy atom. The molecule has 0 unspecified atom stereocenters. The van der Waals surface area contributed by atoms with Crippen molar-refractivity contribution < 1.29 is 14.0 Å². The van der Waals surface area contributed by atoms with E-state index < -0.39 is 23.2 Å². The number of carbonyl (C=O) groups excluding carboxylic acids is 2. The van der Waals surface area contributed by atoms with E-state index >= 15 is 4.39 Å². The number of anilines is 1. The van der Waals surface area contributed by atoms with Crippen molar-refractivity contribution in [2.75, 3.05) is 11.9 Å². The molecule has 2 saturated heterocycles. The fourth-order valence-corrected chi connectivity index (χ4v) is 5.23. The lowest BCUT2D eigenvalue weighted by atomic mass is 9.70. The molecular formula is C21H20Cl2FN3O2. The highest BCUT2D eigenvalue weighted by Gasteiger charge is 2.56. The van der Waals surface area contributed by atoms with E-state index in [0.717, 1.165) is 5.56 Å². The van der Waals surface area contributed by atoms with Gasteiger partial charge in [-0.25, -0.2) is 4.39 Å². The number of amides is 2. The van der Waals surface area contributed by atoms with E-state index in [1.807, 2.05) is 6.92 Å². The van der Waals surface area contributed by atoms with E-state index in [4.69, 9.17) is 23.2 Å². The van der Waals surface area contributed by atoms with Crippen LogP contribution in [0.15, 0.2) is 36.4 Å². The van der Waals surface area contributed by atoms with E-state index in [9.17, 15) is 9.59 Å². The van der Waals surface area contributed by atoms with Crippen molar-refractivity contribution in [3.8, 4) is 0 Å². The Balaban J connectivity index is 1.94. The molecule has 2 amide bonds. The third-order valence-electron chi connectivity index (χ3n) is 6.03. The molecule has 0 spiro atoms. The lowest BCUT2D eigenvalue weighted by molar-refractivity contribution is -0.127. The van der Waals surface area contributed by atoms with E-state index in [1.54, 1.807) is 30.3 Å². The molecule has 4 atom stereocenters. The van der Waals surface area contributed by atoms with Crippen LogP contribution in [0.4, 0.5) is 10.1 Å². The zero-order chi connectivity index (χ0) is 20.8. The van der Waals surface area contributed by atoms with Gasteiger partial charge in [-0.2, -0.15) is 0 Å². The third kappa shape index (κ3) is 3.29. The molecule has 4 rings (SSSR count). The Morgan fingerprint density at radius 3 is 2.83 bits per heavy atom. The normalized spacial score (nSPS) is 28.6. The SMILES string of the molecule is C[C@]1(c2ccc(Cl)cc2NC=O)N[C@H]2CCNC(=O)[C@H]2[C@@H]1c1cccc(Cl)c1F. The Bertz CT molecular complexity index is 986. The van der Waals surface area contributed by atoms with Gasteiger partial charge in [-0.15, -0.1) is 0 Å². The number of hydrogen-bond donors (Lipinski definition) is 3. The van der Waals surface area contributed by atoms with Crippen LogP contribution in [0.2, 0.25) is 10.0 Å². The van der Waals surface area contributed by atoms with Crippen LogP contribution in [0.3, 0.4) is 0 Å². The molecular weight excluding hydrogens is 416 g/mol. The van der Waals surface area contributed by atoms with E-state index in [0.29, 0.717) is 35.6 Å². The van der Waals surface area contributed by atoms with Gasteiger partial charge in [0.15, 0.2) is 0 Å². The maximum Gasteiger partial charge on any atom is 0.225 e. The molecule has 2 aliphatic rings. The van der Waals surface area contributed by atoms with Crippen molar-refractivity contribution in [2.45, 2.75) is 30.8 Å². The second-order valence-corrected chi connectivity index (χ2v) is 8.48. The Kier molecular flexibility index (Phi) is 5.27. The first-order valence-corrected chi connectivity index (χ1v) is 10.1. The maximum absolute atomic E-state index is 15.1. The zero-order valence-electron chi connectivity index (χ0n) is 15.6. The van der Waals surface area contributed by atoms with Gasteiger partial charge in [0.1, 0.15) is 5.82 Å². The summed E-state index contributed by atoms with van der Waals surface area (Å²) in [6, 6.07) is 9.85. The fraction of sp³-hybridized carbons (Fsp3) is 0.333. The van der Waals surface area contributed by atoms with Gasteiger partial charge in [0.2, 0.25) is 12.3 Å². The number of benzene rings is 2. The predicted molar refractivity (Wildman–Crippen MR) is 111 cm³/mol. The number of hydrogen-bond acceptors (Lipinski definition) is 3. The minimum absolute atomic E-state index is 0.00636. The van der Waals surface area contributed by atoms with Crippen LogP contribution in [-0.2, 0) is 15.1 Å². The summed E-state index contributed by atoms with van der Waals surface area (Å²) < 4.78 is 15.1. The van der Waals surface area contributed by atoms with Crippen LogP contribution >= 0.6 is 23.2 Å². The monoisotopic (exact) mass is 435 g/mol. The van der Waals surface area contributed by atoms with Crippen molar-refractivity contribution in [3.05, 3.63) is 63.4 Å². The number of piperidine rings is 1. The van der Waals surface area contributed by atoms with Crippen molar-refractivity contribution in [1.82, 2.24) is 10.6 Å². The summed E-state index contributed by atoms with van der Waals surface area (Å²) in [7, 11) is 0.